The van der Waals surface area contributed by atoms with E-state index < -0.39 is 27.6 Å². The standard InChI is InChI=1S/C20H24F2N4O3S/c1-11-12(2)25-26-19(11)24-14-6-7-23-15-9-16(29-10-18(21)22)17(8-13(14)15)30(27,28)20(3,4)5/h6-9,18H,10H2,1-5H3,(H2,23,24,25,26). The molecule has 0 radical (unpaired) electrons. The molecule has 0 unspecified atom stereocenters. The van der Waals surface area contributed by atoms with E-state index in [1.807, 2.05) is 13.8 Å². The van der Waals surface area contributed by atoms with Gasteiger partial charge in [-0.15, -0.1) is 0 Å². The minimum atomic E-state index is -3.89. The SMILES string of the molecule is Cc1n[nH]c(Nc2ccnc3cc(OCC(F)F)c(S(=O)(=O)C(C)(C)C)cc23)c1C. The molecule has 10 heteroatoms. The summed E-state index contributed by atoms with van der Waals surface area (Å²) in [6.07, 6.45) is -1.20. The van der Waals surface area contributed by atoms with Crippen LogP contribution in [0.4, 0.5) is 20.3 Å². The molecule has 0 amide bonds. The van der Waals surface area contributed by atoms with Gasteiger partial charge in [0.2, 0.25) is 0 Å². The molecule has 3 aromatic rings. The molecule has 3 rings (SSSR count). The van der Waals surface area contributed by atoms with Gasteiger partial charge in [0.1, 0.15) is 23.1 Å². The number of fused-ring (bicyclic) bond motifs is 1. The first-order valence-electron chi connectivity index (χ1n) is 9.28. The molecule has 0 aliphatic rings. The highest BCUT2D eigenvalue weighted by atomic mass is 32.2. The van der Waals surface area contributed by atoms with Crippen LogP contribution in [-0.2, 0) is 9.84 Å². The Bertz CT molecular complexity index is 1180. The van der Waals surface area contributed by atoms with Gasteiger partial charge in [0, 0.05) is 23.2 Å². The summed E-state index contributed by atoms with van der Waals surface area (Å²) in [5, 5.41) is 10.8. The van der Waals surface area contributed by atoms with E-state index in [4.69, 9.17) is 4.74 Å². The Labute approximate surface area is 173 Å². The number of rotatable bonds is 6. The van der Waals surface area contributed by atoms with Crippen LogP contribution in [0.15, 0.2) is 29.3 Å². The minimum Gasteiger partial charge on any atom is -0.486 e. The average molecular weight is 439 g/mol. The number of aromatic amines is 1. The zero-order valence-electron chi connectivity index (χ0n) is 17.4. The van der Waals surface area contributed by atoms with Gasteiger partial charge in [0.15, 0.2) is 9.84 Å². The summed E-state index contributed by atoms with van der Waals surface area (Å²) < 4.78 is 55.8. The molecule has 162 valence electrons. The van der Waals surface area contributed by atoms with E-state index in [2.05, 4.69) is 20.5 Å². The zero-order chi connectivity index (χ0) is 22.3. The van der Waals surface area contributed by atoms with Gasteiger partial charge in [-0.25, -0.2) is 17.2 Å². The van der Waals surface area contributed by atoms with Crippen molar-refractivity contribution in [3.63, 3.8) is 0 Å². The summed E-state index contributed by atoms with van der Waals surface area (Å²) in [6, 6.07) is 4.50. The quantitative estimate of drug-likeness (QED) is 0.587. The van der Waals surface area contributed by atoms with Crippen molar-refractivity contribution in [2.24, 2.45) is 0 Å². The Morgan fingerprint density at radius 1 is 1.23 bits per heavy atom. The number of ether oxygens (including phenoxy) is 1. The number of alkyl halides is 2. The maximum absolute atomic E-state index is 13.2. The normalized spacial score (nSPS) is 12.5. The van der Waals surface area contributed by atoms with Crippen LogP contribution in [-0.4, -0.2) is 41.4 Å². The van der Waals surface area contributed by atoms with Gasteiger partial charge in [0.25, 0.3) is 6.43 Å². The number of halogens is 2. The van der Waals surface area contributed by atoms with Gasteiger partial charge >= 0.3 is 0 Å². The number of anilines is 2. The third-order valence-electron chi connectivity index (χ3n) is 4.78. The van der Waals surface area contributed by atoms with E-state index in [0.29, 0.717) is 22.4 Å². The second kappa shape index (κ2) is 7.82. The molecule has 0 saturated heterocycles. The molecule has 0 aliphatic heterocycles. The van der Waals surface area contributed by atoms with E-state index in [9.17, 15) is 17.2 Å². The van der Waals surface area contributed by atoms with Crippen molar-refractivity contribution in [2.45, 2.75) is 50.7 Å². The molecule has 0 aliphatic carbocycles. The lowest BCUT2D eigenvalue weighted by Crippen LogP contribution is -2.28. The van der Waals surface area contributed by atoms with Gasteiger partial charge in [-0.1, -0.05) is 0 Å². The third kappa shape index (κ3) is 4.09. The predicted octanol–water partition coefficient (Wildman–Crippen LogP) is 4.53. The molecule has 1 aromatic carbocycles. The van der Waals surface area contributed by atoms with E-state index in [0.717, 1.165) is 11.3 Å². The van der Waals surface area contributed by atoms with Crippen molar-refractivity contribution in [3.05, 3.63) is 35.7 Å². The molecule has 7 nitrogen and oxygen atoms in total. The van der Waals surface area contributed by atoms with Gasteiger partial charge in [-0.05, 0) is 46.8 Å². The molecule has 0 spiro atoms. The maximum atomic E-state index is 13.2. The van der Waals surface area contributed by atoms with Crippen LogP contribution in [0.2, 0.25) is 0 Å². The van der Waals surface area contributed by atoms with Crippen molar-refractivity contribution in [2.75, 3.05) is 11.9 Å². The predicted molar refractivity (Wildman–Crippen MR) is 112 cm³/mol. The lowest BCUT2D eigenvalue weighted by Gasteiger charge is -2.22. The summed E-state index contributed by atoms with van der Waals surface area (Å²) in [5.74, 6) is 0.522. The number of sulfone groups is 1. The molecule has 2 N–H and O–H groups in total. The van der Waals surface area contributed by atoms with Crippen LogP contribution in [0.5, 0.6) is 5.75 Å². The first-order valence-corrected chi connectivity index (χ1v) is 10.8. The Kier molecular flexibility index (Phi) is 5.72. The van der Waals surface area contributed by atoms with E-state index in [1.165, 1.54) is 18.3 Å². The fraction of sp³-hybridized carbons (Fsp3) is 0.400. The highest BCUT2D eigenvalue weighted by molar-refractivity contribution is 7.92. The monoisotopic (exact) mass is 438 g/mol. The van der Waals surface area contributed by atoms with Crippen LogP contribution in [0.1, 0.15) is 32.0 Å². The molecular formula is C20H24F2N4O3S. The molecule has 0 bridgehead atoms. The van der Waals surface area contributed by atoms with E-state index in [-0.39, 0.29) is 10.6 Å². The Morgan fingerprint density at radius 3 is 2.50 bits per heavy atom. The molecular weight excluding hydrogens is 414 g/mol. The van der Waals surface area contributed by atoms with Crippen LogP contribution in [0.3, 0.4) is 0 Å². The molecule has 2 aromatic heterocycles. The maximum Gasteiger partial charge on any atom is 0.272 e. The summed E-state index contributed by atoms with van der Waals surface area (Å²) in [7, 11) is -3.89. The largest absolute Gasteiger partial charge is 0.486 e. The fourth-order valence-corrected chi connectivity index (χ4v) is 4.13. The molecule has 30 heavy (non-hydrogen) atoms. The Morgan fingerprint density at radius 2 is 1.93 bits per heavy atom. The minimum absolute atomic E-state index is 0.143. The molecule has 0 atom stereocenters. The highest BCUT2D eigenvalue weighted by Crippen LogP contribution is 2.37. The number of nitrogens with one attached hydrogen (secondary N) is 2. The van der Waals surface area contributed by atoms with Crippen molar-refractivity contribution >= 4 is 32.2 Å². The number of aryl methyl sites for hydroxylation is 1. The highest BCUT2D eigenvalue weighted by Gasteiger charge is 2.34. The first kappa shape index (κ1) is 21.9. The first-order chi connectivity index (χ1) is 13.9. The number of hydrogen-bond acceptors (Lipinski definition) is 6. The Hall–Kier alpha value is -2.75. The van der Waals surface area contributed by atoms with Crippen molar-refractivity contribution in [3.8, 4) is 5.75 Å². The number of benzene rings is 1. The number of nitrogens with zero attached hydrogens (tertiary/aromatic N) is 2. The van der Waals surface area contributed by atoms with Crippen LogP contribution >= 0.6 is 0 Å². The van der Waals surface area contributed by atoms with Gasteiger partial charge in [-0.3, -0.25) is 10.1 Å². The summed E-state index contributed by atoms with van der Waals surface area (Å²) in [5.41, 5.74) is 2.75. The second-order valence-electron chi connectivity index (χ2n) is 7.93. The number of hydrogen-bond donors (Lipinski definition) is 2. The van der Waals surface area contributed by atoms with Crippen molar-refractivity contribution < 1.29 is 21.9 Å². The number of aromatic nitrogens is 3. The van der Waals surface area contributed by atoms with E-state index >= 15 is 0 Å². The lowest BCUT2D eigenvalue weighted by atomic mass is 10.1. The second-order valence-corrected chi connectivity index (χ2v) is 10.6. The van der Waals surface area contributed by atoms with Crippen LogP contribution in [0.25, 0.3) is 10.9 Å². The van der Waals surface area contributed by atoms with E-state index in [1.54, 1.807) is 26.8 Å². The molecule has 0 saturated carbocycles. The van der Waals surface area contributed by atoms with Crippen LogP contribution in [0, 0.1) is 13.8 Å². The summed E-state index contributed by atoms with van der Waals surface area (Å²) in [4.78, 5) is 4.10. The summed E-state index contributed by atoms with van der Waals surface area (Å²) in [6.45, 7) is 7.48. The van der Waals surface area contributed by atoms with Gasteiger partial charge < -0.3 is 10.1 Å². The van der Waals surface area contributed by atoms with Crippen molar-refractivity contribution in [1.29, 1.82) is 0 Å². The number of pyridine rings is 1. The lowest BCUT2D eigenvalue weighted by molar-refractivity contribution is 0.0805. The van der Waals surface area contributed by atoms with Crippen molar-refractivity contribution in [1.82, 2.24) is 15.2 Å². The zero-order valence-corrected chi connectivity index (χ0v) is 18.2. The number of H-pyrrole nitrogens is 1. The Balaban J connectivity index is 2.21. The van der Waals surface area contributed by atoms with Gasteiger partial charge in [-0.2, -0.15) is 5.10 Å². The third-order valence-corrected chi connectivity index (χ3v) is 7.29. The average Bonchev–Trinajstić information content (AvgIpc) is 2.97. The smallest absolute Gasteiger partial charge is 0.272 e. The molecule has 0 fully saturated rings. The van der Waals surface area contributed by atoms with Crippen LogP contribution < -0.4 is 10.1 Å². The summed E-state index contributed by atoms with van der Waals surface area (Å²) >= 11 is 0. The molecule has 2 heterocycles. The van der Waals surface area contributed by atoms with Gasteiger partial charge in [0.05, 0.1) is 21.6 Å². The fourth-order valence-electron chi connectivity index (χ4n) is 2.81. The topological polar surface area (TPSA) is 97.0 Å².